The summed E-state index contributed by atoms with van der Waals surface area (Å²) < 4.78 is 48.0. The molecule has 0 fully saturated rings. The van der Waals surface area contributed by atoms with E-state index in [0.717, 1.165) is 24.7 Å². The first-order chi connectivity index (χ1) is 20.3. The second-order valence-corrected chi connectivity index (χ2v) is 8.72. The van der Waals surface area contributed by atoms with Gasteiger partial charge in [0.1, 0.15) is 12.9 Å². The Morgan fingerprint density at radius 3 is 1.54 bits per heavy atom. The summed E-state index contributed by atoms with van der Waals surface area (Å²) in [6.07, 6.45) is 2.17. The Morgan fingerprint density at radius 1 is 0.659 bits per heavy atom. The third kappa shape index (κ3) is 25.3. The zero-order valence-corrected chi connectivity index (χ0v) is 24.5. The van der Waals surface area contributed by atoms with Gasteiger partial charge in [-0.2, -0.15) is 0 Å². The number of benzene rings is 1. The summed E-state index contributed by atoms with van der Waals surface area (Å²) in [5, 5.41) is 2.58. The highest BCUT2D eigenvalue weighted by Gasteiger charge is 2.12. The highest BCUT2D eigenvalue weighted by molar-refractivity contribution is 5.73. The molecule has 0 saturated heterocycles. The Bertz CT molecular complexity index is 711. The molecule has 1 unspecified atom stereocenters. The van der Waals surface area contributed by atoms with Crippen LogP contribution in [0.3, 0.4) is 0 Å². The molecule has 1 aromatic rings. The number of rotatable bonds is 30. The van der Waals surface area contributed by atoms with Crippen LogP contribution in [0, 0.1) is 0 Å². The van der Waals surface area contributed by atoms with E-state index >= 15 is 0 Å². The van der Waals surface area contributed by atoms with Gasteiger partial charge in [0.05, 0.1) is 98.5 Å². The van der Waals surface area contributed by atoms with Crippen molar-refractivity contribution >= 4 is 12.4 Å². The maximum atomic E-state index is 11.9. The van der Waals surface area contributed by atoms with Gasteiger partial charge < -0.3 is 52.7 Å². The lowest BCUT2D eigenvalue weighted by atomic mass is 10.1. The van der Waals surface area contributed by atoms with Crippen LogP contribution in [0.2, 0.25) is 0 Å². The summed E-state index contributed by atoms with van der Waals surface area (Å²) in [7, 11) is 1.64. The van der Waals surface area contributed by atoms with Crippen molar-refractivity contribution in [3.63, 3.8) is 0 Å². The van der Waals surface area contributed by atoms with Crippen LogP contribution in [-0.2, 0) is 54.0 Å². The number of carbonyl (C=O) groups is 2. The number of ether oxygens (including phenoxy) is 9. The Hall–Kier alpha value is -2.16. The van der Waals surface area contributed by atoms with Crippen molar-refractivity contribution in [3.8, 4) is 0 Å². The summed E-state index contributed by atoms with van der Waals surface area (Å²) in [5.41, 5.74) is 0.886. The van der Waals surface area contributed by atoms with Crippen molar-refractivity contribution < 1.29 is 52.2 Å². The molecule has 0 bridgehead atoms. The lowest BCUT2D eigenvalue weighted by Gasteiger charge is -2.13. The average Bonchev–Trinajstić information content (AvgIpc) is 3.00. The number of amides is 1. The largest absolute Gasteiger partial charge is 0.445 e. The van der Waals surface area contributed by atoms with Gasteiger partial charge in [0.25, 0.3) is 0 Å². The topological polar surface area (TPSA) is 129 Å². The molecule has 1 N–H and O–H groups in total. The van der Waals surface area contributed by atoms with E-state index in [1.165, 1.54) is 0 Å². The second kappa shape index (κ2) is 29.3. The molecule has 12 nitrogen and oxygen atoms in total. The molecule has 0 heterocycles. The van der Waals surface area contributed by atoms with Gasteiger partial charge in [-0.1, -0.05) is 30.3 Å². The lowest BCUT2D eigenvalue weighted by Crippen LogP contribution is -2.36. The van der Waals surface area contributed by atoms with E-state index in [1.54, 1.807) is 7.11 Å². The van der Waals surface area contributed by atoms with E-state index in [9.17, 15) is 9.59 Å². The van der Waals surface area contributed by atoms with Crippen molar-refractivity contribution in [2.45, 2.75) is 31.9 Å². The predicted octanol–water partition coefficient (Wildman–Crippen LogP) is 2.41. The van der Waals surface area contributed by atoms with Gasteiger partial charge in [-0.15, -0.1) is 0 Å². The van der Waals surface area contributed by atoms with Gasteiger partial charge in [0.2, 0.25) is 0 Å². The van der Waals surface area contributed by atoms with E-state index < -0.39 is 12.1 Å². The molecule has 0 aliphatic carbocycles. The Morgan fingerprint density at radius 2 is 1.10 bits per heavy atom. The van der Waals surface area contributed by atoms with E-state index in [0.29, 0.717) is 106 Å². The lowest BCUT2D eigenvalue weighted by molar-refractivity contribution is -0.109. The Kier molecular flexibility index (Phi) is 26.4. The molecular formula is C29H49NO11. The number of nitrogens with one attached hydrogen (secondary N) is 1. The minimum atomic E-state index is -0.602. The molecular weight excluding hydrogens is 538 g/mol. The van der Waals surface area contributed by atoms with E-state index in [4.69, 9.17) is 42.6 Å². The van der Waals surface area contributed by atoms with Gasteiger partial charge in [0.15, 0.2) is 0 Å². The van der Waals surface area contributed by atoms with Crippen molar-refractivity contribution in [3.05, 3.63) is 35.9 Å². The number of carbonyl (C=O) groups excluding carboxylic acids is 2. The van der Waals surface area contributed by atoms with E-state index in [-0.39, 0.29) is 6.61 Å². The normalized spacial score (nSPS) is 11.8. The molecule has 1 aromatic carbocycles. The number of methoxy groups -OCH3 is 1. The summed E-state index contributed by atoms with van der Waals surface area (Å²) in [6.45, 7) is 7.95. The fourth-order valence-electron chi connectivity index (χ4n) is 3.22. The summed E-state index contributed by atoms with van der Waals surface area (Å²) in [6, 6.07) is 8.79. The number of alkyl carbamates (subject to hydrolysis) is 1. The maximum absolute atomic E-state index is 11.9. The molecule has 0 aromatic heterocycles. The van der Waals surface area contributed by atoms with Crippen LogP contribution in [0.25, 0.3) is 0 Å². The molecule has 0 aliphatic heterocycles. The number of unbranched alkanes of at least 4 members (excludes halogenated alkanes) is 1. The maximum Gasteiger partial charge on any atom is 0.408 e. The first-order valence-corrected chi connectivity index (χ1v) is 14.2. The summed E-state index contributed by atoms with van der Waals surface area (Å²) in [4.78, 5) is 23.1. The van der Waals surface area contributed by atoms with Crippen LogP contribution >= 0.6 is 0 Å². The molecule has 1 atom stereocenters. The smallest absolute Gasteiger partial charge is 0.408 e. The molecule has 0 spiro atoms. The van der Waals surface area contributed by atoms with Gasteiger partial charge in [-0.3, -0.25) is 0 Å². The minimum absolute atomic E-state index is 0.163. The van der Waals surface area contributed by atoms with Crippen LogP contribution in [0.15, 0.2) is 30.3 Å². The van der Waals surface area contributed by atoms with Crippen LogP contribution in [-0.4, -0.2) is 125 Å². The Balaban J connectivity index is 1.76. The third-order valence-electron chi connectivity index (χ3n) is 5.40. The van der Waals surface area contributed by atoms with Crippen LogP contribution in [0.1, 0.15) is 24.8 Å². The molecule has 0 aliphatic rings. The van der Waals surface area contributed by atoms with E-state index in [1.807, 2.05) is 30.3 Å². The third-order valence-corrected chi connectivity index (χ3v) is 5.40. The molecule has 0 radical (unpaired) electrons. The van der Waals surface area contributed by atoms with Gasteiger partial charge in [0, 0.05) is 13.7 Å². The van der Waals surface area contributed by atoms with Crippen molar-refractivity contribution in [2.75, 3.05) is 106 Å². The van der Waals surface area contributed by atoms with Crippen LogP contribution in [0.5, 0.6) is 0 Å². The standard InChI is InChI=1S/C29H49NO11/c1-33-11-12-35-15-16-37-19-20-39-23-24-40-22-21-38-18-17-36-14-13-34-10-6-5-9-28(25-31)30-29(32)41-26-27-7-3-2-4-8-27/h2-4,7-8,25,28H,5-6,9-24,26H2,1H3,(H,30,32). The van der Waals surface area contributed by atoms with Gasteiger partial charge in [-0.05, 0) is 24.8 Å². The fourth-order valence-corrected chi connectivity index (χ4v) is 3.22. The quantitative estimate of drug-likeness (QED) is 0.105. The molecule has 0 saturated carbocycles. The first kappa shape index (κ1) is 36.9. The number of hydrogen-bond acceptors (Lipinski definition) is 11. The fraction of sp³-hybridized carbons (Fsp3) is 0.724. The molecule has 41 heavy (non-hydrogen) atoms. The monoisotopic (exact) mass is 587 g/mol. The zero-order chi connectivity index (χ0) is 29.5. The first-order valence-electron chi connectivity index (χ1n) is 14.2. The minimum Gasteiger partial charge on any atom is -0.445 e. The van der Waals surface area contributed by atoms with Crippen molar-refractivity contribution in [2.24, 2.45) is 0 Å². The molecule has 236 valence electrons. The van der Waals surface area contributed by atoms with E-state index in [2.05, 4.69) is 5.32 Å². The van der Waals surface area contributed by atoms with Crippen molar-refractivity contribution in [1.29, 1.82) is 0 Å². The van der Waals surface area contributed by atoms with Gasteiger partial charge >= 0.3 is 6.09 Å². The number of aldehydes is 1. The molecule has 1 amide bonds. The van der Waals surface area contributed by atoms with Crippen LogP contribution < -0.4 is 5.32 Å². The second-order valence-electron chi connectivity index (χ2n) is 8.72. The van der Waals surface area contributed by atoms with Crippen molar-refractivity contribution in [1.82, 2.24) is 5.32 Å². The zero-order valence-electron chi connectivity index (χ0n) is 24.5. The highest BCUT2D eigenvalue weighted by Crippen LogP contribution is 2.03. The van der Waals surface area contributed by atoms with Gasteiger partial charge in [-0.25, -0.2) is 4.79 Å². The SMILES string of the molecule is COCCOCCOCCOCCOCCOCCOCCOCCCCC(C=O)NC(=O)OCc1ccccc1. The van der Waals surface area contributed by atoms with Crippen LogP contribution in [0.4, 0.5) is 4.79 Å². The summed E-state index contributed by atoms with van der Waals surface area (Å²) in [5.74, 6) is 0. The predicted molar refractivity (Wildman–Crippen MR) is 151 cm³/mol. The highest BCUT2D eigenvalue weighted by atomic mass is 16.6. The molecule has 1 rings (SSSR count). The average molecular weight is 588 g/mol. The summed E-state index contributed by atoms with van der Waals surface area (Å²) >= 11 is 0. The Labute approximate surface area is 244 Å². The number of hydrogen-bond donors (Lipinski definition) is 1. The molecule has 12 heteroatoms.